The van der Waals surface area contributed by atoms with Crippen molar-refractivity contribution in [2.24, 2.45) is 0 Å². The van der Waals surface area contributed by atoms with E-state index in [9.17, 15) is 4.79 Å². The first-order chi connectivity index (χ1) is 11.0. The minimum absolute atomic E-state index is 0.105. The topological polar surface area (TPSA) is 47.8 Å². The predicted molar refractivity (Wildman–Crippen MR) is 91.5 cm³/mol. The van der Waals surface area contributed by atoms with E-state index in [1.807, 2.05) is 12.1 Å². The van der Waals surface area contributed by atoms with E-state index in [0.717, 1.165) is 22.4 Å². The summed E-state index contributed by atoms with van der Waals surface area (Å²) in [6.07, 6.45) is 3.44. The van der Waals surface area contributed by atoms with Gasteiger partial charge in [-0.25, -0.2) is 4.68 Å². The summed E-state index contributed by atoms with van der Waals surface area (Å²) < 4.78 is 1.50. The normalized spacial score (nSPS) is 10.7. The molecular formula is C19H19N3O. The van der Waals surface area contributed by atoms with Gasteiger partial charge in [0.1, 0.15) is 0 Å². The summed E-state index contributed by atoms with van der Waals surface area (Å²) in [5, 5.41) is 4.55. The van der Waals surface area contributed by atoms with Gasteiger partial charge in [-0.2, -0.15) is 5.10 Å². The SMILES string of the molecule is Cc1cc(C)c(-c2ccc(=O)n(Cc3ccncc3)n2)cc1C. The molecule has 0 saturated heterocycles. The molecule has 0 aliphatic heterocycles. The van der Waals surface area contributed by atoms with Gasteiger partial charge in [-0.15, -0.1) is 0 Å². The van der Waals surface area contributed by atoms with Crippen molar-refractivity contribution in [3.63, 3.8) is 0 Å². The number of rotatable bonds is 3. The van der Waals surface area contributed by atoms with Crippen LogP contribution in [0, 0.1) is 20.8 Å². The molecule has 4 heteroatoms. The number of nitrogens with zero attached hydrogens (tertiary/aromatic N) is 3. The molecule has 4 nitrogen and oxygen atoms in total. The largest absolute Gasteiger partial charge is 0.268 e. The maximum Gasteiger partial charge on any atom is 0.267 e. The first kappa shape index (κ1) is 15.2. The smallest absolute Gasteiger partial charge is 0.267 e. The Morgan fingerprint density at radius 2 is 1.61 bits per heavy atom. The van der Waals surface area contributed by atoms with Gasteiger partial charge < -0.3 is 0 Å². The van der Waals surface area contributed by atoms with E-state index in [2.05, 4.69) is 43.0 Å². The molecule has 2 aromatic heterocycles. The molecule has 0 N–H and O–H groups in total. The fourth-order valence-electron chi connectivity index (χ4n) is 2.60. The highest BCUT2D eigenvalue weighted by Gasteiger charge is 2.08. The van der Waals surface area contributed by atoms with Crippen LogP contribution < -0.4 is 5.56 Å². The summed E-state index contributed by atoms with van der Waals surface area (Å²) in [4.78, 5) is 16.1. The average molecular weight is 305 g/mol. The molecule has 0 radical (unpaired) electrons. The molecule has 0 spiro atoms. The van der Waals surface area contributed by atoms with Crippen LogP contribution in [0.2, 0.25) is 0 Å². The predicted octanol–water partition coefficient (Wildman–Crippen LogP) is 3.28. The quantitative estimate of drug-likeness (QED) is 0.746. The first-order valence-electron chi connectivity index (χ1n) is 7.60. The van der Waals surface area contributed by atoms with Crippen molar-refractivity contribution < 1.29 is 0 Å². The number of benzene rings is 1. The Morgan fingerprint density at radius 3 is 2.35 bits per heavy atom. The van der Waals surface area contributed by atoms with Crippen molar-refractivity contribution >= 4 is 0 Å². The van der Waals surface area contributed by atoms with Crippen LogP contribution in [-0.2, 0) is 6.54 Å². The van der Waals surface area contributed by atoms with Gasteiger partial charge >= 0.3 is 0 Å². The van der Waals surface area contributed by atoms with Gasteiger partial charge in [0.25, 0.3) is 5.56 Å². The molecule has 116 valence electrons. The van der Waals surface area contributed by atoms with Crippen LogP contribution in [0.4, 0.5) is 0 Å². The third-order valence-electron chi connectivity index (χ3n) is 4.06. The van der Waals surface area contributed by atoms with Crippen LogP contribution in [-0.4, -0.2) is 14.8 Å². The third-order valence-corrected chi connectivity index (χ3v) is 4.06. The van der Waals surface area contributed by atoms with Crippen molar-refractivity contribution in [3.05, 3.63) is 81.4 Å². The molecule has 0 atom stereocenters. The minimum Gasteiger partial charge on any atom is -0.268 e. The van der Waals surface area contributed by atoms with E-state index >= 15 is 0 Å². The van der Waals surface area contributed by atoms with E-state index in [0.29, 0.717) is 6.54 Å². The summed E-state index contributed by atoms with van der Waals surface area (Å²) in [5.41, 5.74) is 6.43. The molecule has 23 heavy (non-hydrogen) atoms. The number of aromatic nitrogens is 3. The summed E-state index contributed by atoms with van der Waals surface area (Å²) >= 11 is 0. The van der Waals surface area contributed by atoms with E-state index in [1.54, 1.807) is 24.5 Å². The Labute approximate surface area is 135 Å². The Hall–Kier alpha value is -2.75. The second-order valence-corrected chi connectivity index (χ2v) is 5.82. The van der Waals surface area contributed by atoms with Crippen LogP contribution in [0.1, 0.15) is 22.3 Å². The van der Waals surface area contributed by atoms with Crippen molar-refractivity contribution in [1.29, 1.82) is 0 Å². The lowest BCUT2D eigenvalue weighted by molar-refractivity contribution is 0.642. The molecule has 1 aromatic carbocycles. The molecule has 0 aliphatic carbocycles. The fraction of sp³-hybridized carbons (Fsp3) is 0.211. The second kappa shape index (κ2) is 6.16. The zero-order valence-electron chi connectivity index (χ0n) is 13.6. The Morgan fingerprint density at radius 1 is 0.913 bits per heavy atom. The molecule has 0 saturated carbocycles. The number of aryl methyl sites for hydroxylation is 3. The molecule has 0 amide bonds. The van der Waals surface area contributed by atoms with Crippen LogP contribution in [0.5, 0.6) is 0 Å². The zero-order valence-corrected chi connectivity index (χ0v) is 13.6. The lowest BCUT2D eigenvalue weighted by atomic mass is 9.99. The Kier molecular flexibility index (Phi) is 4.06. The van der Waals surface area contributed by atoms with Gasteiger partial charge in [0.05, 0.1) is 12.2 Å². The van der Waals surface area contributed by atoms with E-state index in [4.69, 9.17) is 0 Å². The van der Waals surface area contributed by atoms with E-state index in [-0.39, 0.29) is 5.56 Å². The second-order valence-electron chi connectivity index (χ2n) is 5.82. The lowest BCUT2D eigenvalue weighted by Crippen LogP contribution is -2.22. The number of hydrogen-bond donors (Lipinski definition) is 0. The van der Waals surface area contributed by atoms with Gasteiger partial charge in [-0.1, -0.05) is 6.07 Å². The maximum atomic E-state index is 12.1. The Balaban J connectivity index is 2.04. The van der Waals surface area contributed by atoms with Gasteiger partial charge in [0, 0.05) is 24.0 Å². The van der Waals surface area contributed by atoms with Crippen molar-refractivity contribution in [3.8, 4) is 11.3 Å². The summed E-state index contributed by atoms with van der Waals surface area (Å²) in [6, 6.07) is 11.4. The molecule has 2 heterocycles. The molecule has 0 aliphatic rings. The Bertz CT molecular complexity index is 898. The highest BCUT2D eigenvalue weighted by molar-refractivity contribution is 5.64. The van der Waals surface area contributed by atoms with E-state index < -0.39 is 0 Å². The van der Waals surface area contributed by atoms with Crippen LogP contribution in [0.3, 0.4) is 0 Å². The molecule has 0 bridgehead atoms. The van der Waals surface area contributed by atoms with Crippen molar-refractivity contribution in [2.45, 2.75) is 27.3 Å². The van der Waals surface area contributed by atoms with Crippen LogP contribution in [0.25, 0.3) is 11.3 Å². The lowest BCUT2D eigenvalue weighted by Gasteiger charge is -2.11. The highest BCUT2D eigenvalue weighted by Crippen LogP contribution is 2.24. The fourth-order valence-corrected chi connectivity index (χ4v) is 2.60. The highest BCUT2D eigenvalue weighted by atomic mass is 16.1. The summed E-state index contributed by atoms with van der Waals surface area (Å²) in [7, 11) is 0. The minimum atomic E-state index is -0.105. The van der Waals surface area contributed by atoms with Crippen molar-refractivity contribution in [1.82, 2.24) is 14.8 Å². The molecule has 0 fully saturated rings. The van der Waals surface area contributed by atoms with Gasteiger partial charge in [-0.05, 0) is 67.3 Å². The van der Waals surface area contributed by atoms with Crippen molar-refractivity contribution in [2.75, 3.05) is 0 Å². The molecule has 0 unspecified atom stereocenters. The van der Waals surface area contributed by atoms with Crippen LogP contribution in [0.15, 0.2) is 53.6 Å². The first-order valence-corrected chi connectivity index (χ1v) is 7.60. The molecule has 3 rings (SSSR count). The average Bonchev–Trinajstić information content (AvgIpc) is 2.54. The maximum absolute atomic E-state index is 12.1. The van der Waals surface area contributed by atoms with Crippen LogP contribution >= 0.6 is 0 Å². The zero-order chi connectivity index (χ0) is 16.4. The summed E-state index contributed by atoms with van der Waals surface area (Å²) in [6.45, 7) is 6.70. The van der Waals surface area contributed by atoms with Gasteiger partial charge in [-0.3, -0.25) is 9.78 Å². The number of pyridine rings is 1. The molecule has 3 aromatic rings. The number of hydrogen-bond acceptors (Lipinski definition) is 3. The standard InChI is InChI=1S/C19H19N3O/c1-13-10-15(3)17(11-14(13)2)18-4-5-19(23)22(21-18)12-16-6-8-20-9-7-16/h4-11H,12H2,1-3H3. The van der Waals surface area contributed by atoms with Gasteiger partial charge in [0.15, 0.2) is 0 Å². The van der Waals surface area contributed by atoms with Gasteiger partial charge in [0.2, 0.25) is 0 Å². The van der Waals surface area contributed by atoms with E-state index in [1.165, 1.54) is 15.8 Å². The third kappa shape index (κ3) is 3.21. The molecular weight excluding hydrogens is 286 g/mol. The summed E-state index contributed by atoms with van der Waals surface area (Å²) in [5.74, 6) is 0. The monoisotopic (exact) mass is 305 g/mol.